The second kappa shape index (κ2) is 9.75. The molecule has 1 fully saturated rings. The Morgan fingerprint density at radius 3 is 2.45 bits per heavy atom. The molecule has 0 aromatic heterocycles. The van der Waals surface area contributed by atoms with Gasteiger partial charge in [-0.15, -0.1) is 0 Å². The van der Waals surface area contributed by atoms with Crippen LogP contribution in [-0.4, -0.2) is 35.9 Å². The number of aliphatic hydroxyl groups excluding tert-OH is 1. The van der Waals surface area contributed by atoms with E-state index in [2.05, 4.69) is 17.4 Å². The van der Waals surface area contributed by atoms with Crippen LogP contribution < -0.4 is 5.32 Å². The molecule has 2 aromatic rings. The topological polar surface area (TPSA) is 58.6 Å². The molecule has 0 saturated heterocycles. The molecule has 5 heteroatoms. The first-order valence-corrected chi connectivity index (χ1v) is 10.7. The van der Waals surface area contributed by atoms with Crippen LogP contribution in [-0.2, 0) is 16.0 Å². The van der Waals surface area contributed by atoms with Crippen molar-refractivity contribution in [2.45, 2.75) is 57.6 Å². The van der Waals surface area contributed by atoms with E-state index < -0.39 is 5.54 Å². The molecule has 0 spiro atoms. The number of hydrogen-bond acceptors (Lipinski definition) is 3. The summed E-state index contributed by atoms with van der Waals surface area (Å²) < 4.78 is 5.70. The fourth-order valence-electron chi connectivity index (χ4n) is 4.07. The van der Waals surface area contributed by atoms with Crippen LogP contribution in [0.4, 0.5) is 0 Å². The molecule has 1 aliphatic carbocycles. The van der Waals surface area contributed by atoms with Crippen molar-refractivity contribution in [1.82, 2.24) is 5.32 Å². The van der Waals surface area contributed by atoms with Crippen LogP contribution in [0.15, 0.2) is 42.5 Å². The Bertz CT molecular complexity index is 827. The highest BCUT2D eigenvalue weighted by atomic mass is 35.5. The van der Waals surface area contributed by atoms with Gasteiger partial charge in [0.15, 0.2) is 0 Å². The third-order valence-corrected chi connectivity index (χ3v) is 6.13. The average molecular weight is 416 g/mol. The molecule has 2 aromatic carbocycles. The van der Waals surface area contributed by atoms with E-state index in [-0.39, 0.29) is 18.6 Å². The quantitative estimate of drug-likeness (QED) is 0.690. The molecule has 1 aliphatic rings. The van der Waals surface area contributed by atoms with Gasteiger partial charge in [-0.05, 0) is 73.9 Å². The predicted octanol–water partition coefficient (Wildman–Crippen LogP) is 4.68. The lowest BCUT2D eigenvalue weighted by molar-refractivity contribution is -0.124. The molecule has 2 N–H and O–H groups in total. The monoisotopic (exact) mass is 415 g/mol. The zero-order valence-electron chi connectivity index (χ0n) is 17.2. The summed E-state index contributed by atoms with van der Waals surface area (Å²) in [5.41, 5.74) is 3.66. The van der Waals surface area contributed by atoms with E-state index in [0.717, 1.165) is 47.9 Å². The minimum Gasteiger partial charge on any atom is -0.394 e. The van der Waals surface area contributed by atoms with Crippen LogP contribution in [0.5, 0.6) is 0 Å². The summed E-state index contributed by atoms with van der Waals surface area (Å²) in [5, 5.41) is 13.8. The maximum absolute atomic E-state index is 12.8. The number of amides is 1. The fraction of sp³-hybridized carbons (Fsp3) is 0.458. The van der Waals surface area contributed by atoms with Crippen LogP contribution in [0.2, 0.25) is 5.02 Å². The highest BCUT2D eigenvalue weighted by Gasteiger charge is 2.36. The summed E-state index contributed by atoms with van der Waals surface area (Å²) in [5.74, 6) is -0.0507. The fourth-order valence-corrected chi connectivity index (χ4v) is 4.19. The molecule has 3 rings (SSSR count). The predicted molar refractivity (Wildman–Crippen MR) is 117 cm³/mol. The zero-order valence-corrected chi connectivity index (χ0v) is 18.0. The van der Waals surface area contributed by atoms with Gasteiger partial charge in [0.25, 0.3) is 0 Å². The van der Waals surface area contributed by atoms with Gasteiger partial charge < -0.3 is 15.2 Å². The first-order chi connectivity index (χ1) is 13.9. The smallest absolute Gasteiger partial charge is 0.224 e. The lowest BCUT2D eigenvalue weighted by Crippen LogP contribution is -2.54. The molecule has 0 atom stereocenters. The molecular formula is C24H30ClNO3. The van der Waals surface area contributed by atoms with E-state index in [1.807, 2.05) is 44.2 Å². The number of benzene rings is 2. The molecule has 1 saturated carbocycles. The number of ether oxygens (including phenoxy) is 1. The van der Waals surface area contributed by atoms with Gasteiger partial charge in [-0.1, -0.05) is 41.9 Å². The molecule has 4 nitrogen and oxygen atoms in total. The van der Waals surface area contributed by atoms with E-state index in [4.69, 9.17) is 16.3 Å². The Morgan fingerprint density at radius 2 is 1.83 bits per heavy atom. The highest BCUT2D eigenvalue weighted by Crippen LogP contribution is 2.30. The maximum Gasteiger partial charge on any atom is 0.224 e. The normalized spacial score (nSPS) is 21.7. The molecule has 156 valence electrons. The van der Waals surface area contributed by atoms with Crippen molar-refractivity contribution in [3.63, 3.8) is 0 Å². The Balaban J connectivity index is 1.68. The molecule has 0 radical (unpaired) electrons. The van der Waals surface area contributed by atoms with E-state index in [0.29, 0.717) is 18.1 Å². The Labute approximate surface area is 178 Å². The van der Waals surface area contributed by atoms with Crippen LogP contribution in [0, 0.1) is 6.92 Å². The van der Waals surface area contributed by atoms with Gasteiger partial charge in [0, 0.05) is 11.6 Å². The second-order valence-electron chi connectivity index (χ2n) is 7.97. The summed E-state index contributed by atoms with van der Waals surface area (Å²) in [7, 11) is 0. The van der Waals surface area contributed by atoms with Gasteiger partial charge >= 0.3 is 0 Å². The van der Waals surface area contributed by atoms with E-state index in [9.17, 15) is 9.90 Å². The molecular weight excluding hydrogens is 386 g/mol. The number of aliphatic hydroxyl groups is 1. The first kappa shape index (κ1) is 21.8. The lowest BCUT2D eigenvalue weighted by atomic mass is 9.80. The number of rotatable bonds is 7. The Kier molecular flexibility index (Phi) is 7.33. The van der Waals surface area contributed by atoms with Crippen molar-refractivity contribution < 1.29 is 14.6 Å². The number of carbonyl (C=O) groups is 1. The van der Waals surface area contributed by atoms with Gasteiger partial charge in [0.2, 0.25) is 5.91 Å². The maximum atomic E-state index is 12.8. The summed E-state index contributed by atoms with van der Waals surface area (Å²) in [6, 6.07) is 13.9. The minimum absolute atomic E-state index is 0.0403. The minimum atomic E-state index is -0.535. The van der Waals surface area contributed by atoms with Gasteiger partial charge in [-0.3, -0.25) is 4.79 Å². The molecule has 29 heavy (non-hydrogen) atoms. The second-order valence-corrected chi connectivity index (χ2v) is 8.40. The largest absolute Gasteiger partial charge is 0.394 e. The van der Waals surface area contributed by atoms with E-state index >= 15 is 0 Å². The third-order valence-electron chi connectivity index (χ3n) is 5.88. The van der Waals surface area contributed by atoms with E-state index in [1.54, 1.807) is 0 Å². The molecule has 0 unspecified atom stereocenters. The van der Waals surface area contributed by atoms with Crippen molar-refractivity contribution in [2.24, 2.45) is 0 Å². The van der Waals surface area contributed by atoms with Gasteiger partial charge in [0.1, 0.15) is 0 Å². The number of carbonyl (C=O) groups excluding carboxylic acids is 1. The summed E-state index contributed by atoms with van der Waals surface area (Å²) in [6.07, 6.45) is 3.73. The van der Waals surface area contributed by atoms with Crippen molar-refractivity contribution in [2.75, 3.05) is 13.2 Å². The summed E-state index contributed by atoms with van der Waals surface area (Å²) in [4.78, 5) is 12.8. The standard InChI is InChI=1S/C24H30ClNO3/c1-3-29-22-10-12-24(16-27,13-11-22)26-23(28)15-20-14-19(5-4-17(20)2)18-6-8-21(25)9-7-18/h4-9,14,22,27H,3,10-13,15-16H2,1-2H3,(H,26,28). The van der Waals surface area contributed by atoms with Crippen LogP contribution in [0.3, 0.4) is 0 Å². The molecule has 0 aliphatic heterocycles. The van der Waals surface area contributed by atoms with Crippen molar-refractivity contribution in [1.29, 1.82) is 0 Å². The van der Waals surface area contributed by atoms with Gasteiger partial charge in [-0.2, -0.15) is 0 Å². The number of halogens is 1. The summed E-state index contributed by atoms with van der Waals surface area (Å²) >= 11 is 5.99. The zero-order chi connectivity index (χ0) is 20.9. The van der Waals surface area contributed by atoms with Crippen molar-refractivity contribution in [3.05, 3.63) is 58.6 Å². The summed E-state index contributed by atoms with van der Waals surface area (Å²) in [6.45, 7) is 4.67. The molecule has 1 amide bonds. The van der Waals surface area contributed by atoms with Crippen molar-refractivity contribution in [3.8, 4) is 11.1 Å². The number of hydrogen-bond donors (Lipinski definition) is 2. The van der Waals surface area contributed by atoms with Gasteiger partial charge in [0.05, 0.1) is 24.7 Å². The van der Waals surface area contributed by atoms with Crippen LogP contribution >= 0.6 is 11.6 Å². The van der Waals surface area contributed by atoms with E-state index in [1.165, 1.54) is 0 Å². The third kappa shape index (κ3) is 5.59. The first-order valence-electron chi connectivity index (χ1n) is 10.3. The highest BCUT2D eigenvalue weighted by molar-refractivity contribution is 6.30. The number of aryl methyl sites for hydroxylation is 1. The van der Waals surface area contributed by atoms with Crippen molar-refractivity contribution >= 4 is 17.5 Å². The Morgan fingerprint density at radius 1 is 1.17 bits per heavy atom. The van der Waals surface area contributed by atoms with Crippen LogP contribution in [0.1, 0.15) is 43.7 Å². The lowest BCUT2D eigenvalue weighted by Gasteiger charge is -2.39. The number of nitrogens with one attached hydrogen (secondary N) is 1. The SMILES string of the molecule is CCOC1CCC(CO)(NC(=O)Cc2cc(-c3ccc(Cl)cc3)ccc2C)CC1. The Hall–Kier alpha value is -1.88. The molecule has 0 heterocycles. The van der Waals surface area contributed by atoms with Crippen LogP contribution in [0.25, 0.3) is 11.1 Å². The molecule has 0 bridgehead atoms. The van der Waals surface area contributed by atoms with Gasteiger partial charge in [-0.25, -0.2) is 0 Å². The average Bonchev–Trinajstić information content (AvgIpc) is 2.72.